The van der Waals surface area contributed by atoms with Crippen LogP contribution in [0.2, 0.25) is 0 Å². The van der Waals surface area contributed by atoms with E-state index in [9.17, 15) is 14.4 Å². The molecule has 5 aromatic carbocycles. The predicted octanol–water partition coefficient (Wildman–Crippen LogP) is 5.74. The molecule has 0 amide bonds. The van der Waals surface area contributed by atoms with Crippen LogP contribution in [0.5, 0.6) is 0 Å². The summed E-state index contributed by atoms with van der Waals surface area (Å²) in [6, 6.07) is 22.3. The minimum atomic E-state index is 0.142. The molecule has 3 nitrogen and oxygen atoms in total. The van der Waals surface area contributed by atoms with Gasteiger partial charge in [-0.15, -0.1) is 0 Å². The molecule has 5 aromatic rings. The van der Waals surface area contributed by atoms with Crippen LogP contribution in [0.4, 0.5) is 0 Å². The first kappa shape index (κ1) is 16.3. The highest BCUT2D eigenvalue weighted by atomic mass is 16.1. The van der Waals surface area contributed by atoms with Gasteiger partial charge in [0, 0.05) is 16.7 Å². The number of fused-ring (bicyclic) bond motifs is 4. The lowest BCUT2D eigenvalue weighted by Crippen LogP contribution is -1.99. The molecule has 0 radical (unpaired) electrons. The summed E-state index contributed by atoms with van der Waals surface area (Å²) in [5.74, 6) is 0. The lowest BCUT2D eigenvalue weighted by molar-refractivity contribution is 0.108. The van der Waals surface area contributed by atoms with Crippen LogP contribution in [0.1, 0.15) is 31.1 Å². The summed E-state index contributed by atoms with van der Waals surface area (Å²) >= 11 is 0. The van der Waals surface area contributed by atoms with Gasteiger partial charge in [-0.25, -0.2) is 0 Å². The van der Waals surface area contributed by atoms with Crippen molar-refractivity contribution in [2.75, 3.05) is 0 Å². The largest absolute Gasteiger partial charge is 0.298 e. The Morgan fingerprint density at radius 2 is 0.964 bits per heavy atom. The van der Waals surface area contributed by atoms with E-state index in [0.717, 1.165) is 26.9 Å². The topological polar surface area (TPSA) is 51.2 Å². The van der Waals surface area contributed by atoms with Crippen LogP contribution in [0.3, 0.4) is 0 Å². The Hall–Kier alpha value is -3.85. The summed E-state index contributed by atoms with van der Waals surface area (Å²) in [7, 11) is 0. The molecule has 28 heavy (non-hydrogen) atoms. The van der Waals surface area contributed by atoms with Crippen LogP contribution in [0.25, 0.3) is 43.1 Å². The molecule has 0 fully saturated rings. The first-order chi connectivity index (χ1) is 13.7. The zero-order valence-corrected chi connectivity index (χ0v) is 14.8. The van der Waals surface area contributed by atoms with Gasteiger partial charge in [0.05, 0.1) is 0 Å². The Morgan fingerprint density at radius 1 is 0.464 bits per heavy atom. The summed E-state index contributed by atoms with van der Waals surface area (Å²) in [5, 5.41) is 8.02. The highest BCUT2D eigenvalue weighted by molar-refractivity contribution is 6.14. The van der Waals surface area contributed by atoms with Crippen molar-refractivity contribution in [3.63, 3.8) is 0 Å². The van der Waals surface area contributed by atoms with Crippen LogP contribution in [-0.2, 0) is 0 Å². The predicted molar refractivity (Wildman–Crippen MR) is 113 cm³/mol. The minimum Gasteiger partial charge on any atom is -0.298 e. The number of benzene rings is 5. The van der Waals surface area contributed by atoms with E-state index < -0.39 is 0 Å². The van der Waals surface area contributed by atoms with Gasteiger partial charge in [0.1, 0.15) is 0 Å². The summed E-state index contributed by atoms with van der Waals surface area (Å²) in [4.78, 5) is 34.5. The molecule has 0 N–H and O–H groups in total. The number of hydrogen-bond donors (Lipinski definition) is 0. The second-order valence-corrected chi connectivity index (χ2v) is 6.97. The summed E-state index contributed by atoms with van der Waals surface area (Å²) in [6.07, 6.45) is 1.84. The van der Waals surface area contributed by atoms with Crippen molar-refractivity contribution in [2.24, 2.45) is 0 Å². The maximum Gasteiger partial charge on any atom is 0.151 e. The number of carbonyl (C=O) groups excluding carboxylic acids is 3. The molecule has 0 aliphatic rings. The average Bonchev–Trinajstić information content (AvgIpc) is 2.73. The lowest BCUT2D eigenvalue weighted by atomic mass is 9.92. The smallest absolute Gasteiger partial charge is 0.151 e. The number of aldehydes is 3. The molecule has 0 saturated heterocycles. The number of carbonyl (C=O) groups is 3. The Kier molecular flexibility index (Phi) is 3.56. The van der Waals surface area contributed by atoms with Crippen molar-refractivity contribution < 1.29 is 14.4 Å². The Morgan fingerprint density at radius 3 is 1.50 bits per heavy atom. The van der Waals surface area contributed by atoms with Crippen LogP contribution < -0.4 is 0 Å². The van der Waals surface area contributed by atoms with E-state index in [1.807, 2.05) is 24.3 Å². The zero-order valence-electron chi connectivity index (χ0n) is 14.8. The third-order valence-corrected chi connectivity index (χ3v) is 5.39. The van der Waals surface area contributed by atoms with Gasteiger partial charge in [-0.2, -0.15) is 0 Å². The van der Waals surface area contributed by atoms with E-state index in [-0.39, 0.29) is 16.7 Å². The molecule has 0 spiro atoms. The second kappa shape index (κ2) is 6.10. The monoisotopic (exact) mass is 362 g/mol. The Balaban J connectivity index is 1.91. The van der Waals surface area contributed by atoms with E-state index >= 15 is 0 Å². The van der Waals surface area contributed by atoms with Gasteiger partial charge in [0.25, 0.3) is 0 Å². The lowest BCUT2D eigenvalue weighted by Gasteiger charge is -2.10. The molecular weight excluding hydrogens is 348 g/mol. The molecule has 5 rings (SSSR count). The third-order valence-electron chi connectivity index (χ3n) is 5.39. The summed E-state index contributed by atoms with van der Waals surface area (Å²) < 4.78 is 0. The maximum atomic E-state index is 11.7. The van der Waals surface area contributed by atoms with Gasteiger partial charge in [-0.3, -0.25) is 14.4 Å². The van der Waals surface area contributed by atoms with Crippen molar-refractivity contribution in [2.45, 2.75) is 0 Å². The normalized spacial score (nSPS) is 11.3. The third kappa shape index (κ3) is 2.33. The molecule has 0 aromatic heterocycles. The van der Waals surface area contributed by atoms with Crippen LogP contribution in [-0.4, -0.2) is 18.9 Å². The first-order valence-corrected chi connectivity index (χ1v) is 8.94. The molecule has 0 unspecified atom stereocenters. The van der Waals surface area contributed by atoms with Crippen LogP contribution in [0, 0.1) is 0 Å². The van der Waals surface area contributed by atoms with Gasteiger partial charge in [-0.05, 0) is 85.6 Å². The highest BCUT2D eigenvalue weighted by Crippen LogP contribution is 2.32. The average molecular weight is 362 g/mol. The van der Waals surface area contributed by atoms with Gasteiger partial charge in [-0.1, -0.05) is 24.3 Å². The zero-order chi connectivity index (χ0) is 19.3. The van der Waals surface area contributed by atoms with Crippen molar-refractivity contribution in [3.05, 3.63) is 83.4 Å². The fourth-order valence-corrected chi connectivity index (χ4v) is 4.02. The minimum absolute atomic E-state index is 0.142. The van der Waals surface area contributed by atoms with Crippen LogP contribution >= 0.6 is 0 Å². The molecule has 3 heteroatoms. The van der Waals surface area contributed by atoms with Crippen molar-refractivity contribution in [1.82, 2.24) is 0 Å². The second-order valence-electron chi connectivity index (χ2n) is 6.97. The van der Waals surface area contributed by atoms with Gasteiger partial charge in [0.15, 0.2) is 18.9 Å². The number of rotatable bonds is 3. The van der Waals surface area contributed by atoms with Crippen LogP contribution in [0.15, 0.2) is 66.7 Å². The van der Waals surface area contributed by atoms with Gasteiger partial charge in [0.2, 0.25) is 0 Å². The Bertz CT molecular complexity index is 1460. The summed E-state index contributed by atoms with van der Waals surface area (Å²) in [6.45, 7) is 0. The fraction of sp³-hybridized carbons (Fsp3) is 0. The van der Waals surface area contributed by atoms with Crippen molar-refractivity contribution >= 4 is 61.9 Å². The van der Waals surface area contributed by atoms with E-state index in [1.165, 1.54) is 10.8 Å². The standard InChI is InChI=1S/C25H14O3/c26-12-22-10-21-9-19-7-17-5-15-3-1-2-4-16(15)6-18(17)8-20(19)11-23(21)25(14-28)24(22)13-27/h1-14H. The molecule has 0 heterocycles. The quantitative estimate of drug-likeness (QED) is 0.304. The van der Waals surface area contributed by atoms with E-state index in [0.29, 0.717) is 24.2 Å². The molecule has 0 aliphatic carbocycles. The first-order valence-electron chi connectivity index (χ1n) is 8.94. The maximum absolute atomic E-state index is 11.7. The van der Waals surface area contributed by atoms with Crippen molar-refractivity contribution in [3.8, 4) is 0 Å². The molecule has 0 saturated carbocycles. The summed E-state index contributed by atoms with van der Waals surface area (Å²) in [5.41, 5.74) is 0.634. The Labute approximate surface area is 160 Å². The molecule has 0 atom stereocenters. The molecule has 0 bridgehead atoms. The van der Waals surface area contributed by atoms with E-state index in [2.05, 4.69) is 36.4 Å². The number of hydrogen-bond acceptors (Lipinski definition) is 3. The molecule has 132 valence electrons. The molecular formula is C25H14O3. The highest BCUT2D eigenvalue weighted by Gasteiger charge is 2.13. The van der Waals surface area contributed by atoms with Crippen molar-refractivity contribution in [1.29, 1.82) is 0 Å². The molecule has 0 aliphatic heterocycles. The van der Waals surface area contributed by atoms with Gasteiger partial charge >= 0.3 is 0 Å². The SMILES string of the molecule is O=Cc1cc2cc3cc4cc5ccccc5cc4cc3cc2c(C=O)c1C=O. The van der Waals surface area contributed by atoms with E-state index in [1.54, 1.807) is 6.07 Å². The fourth-order valence-electron chi connectivity index (χ4n) is 4.02. The van der Waals surface area contributed by atoms with E-state index in [4.69, 9.17) is 0 Å². The van der Waals surface area contributed by atoms with Gasteiger partial charge < -0.3 is 0 Å².